The van der Waals surface area contributed by atoms with Crippen LogP contribution in [0.25, 0.3) is 0 Å². The van der Waals surface area contributed by atoms with Crippen LogP contribution in [-0.2, 0) is 0 Å². The van der Waals surface area contributed by atoms with Crippen molar-refractivity contribution in [3.05, 3.63) is 28.8 Å². The van der Waals surface area contributed by atoms with Crippen molar-refractivity contribution < 1.29 is 4.39 Å². The van der Waals surface area contributed by atoms with Crippen LogP contribution in [-0.4, -0.2) is 4.98 Å². The van der Waals surface area contributed by atoms with Crippen LogP contribution in [0, 0.1) is 5.82 Å². The zero-order valence-corrected chi connectivity index (χ0v) is 7.99. The third-order valence-electron chi connectivity index (χ3n) is 1.27. The minimum absolute atomic E-state index is 0. The number of pyridine rings is 1. The molecule has 0 radical (unpaired) electrons. The van der Waals surface area contributed by atoms with Crippen molar-refractivity contribution in [2.24, 2.45) is 5.73 Å². The van der Waals surface area contributed by atoms with Crippen LogP contribution in [0.5, 0.6) is 0 Å². The van der Waals surface area contributed by atoms with Crippen LogP contribution in [0.4, 0.5) is 4.39 Å². The lowest BCUT2D eigenvalue weighted by Gasteiger charge is -2.05. The highest BCUT2D eigenvalue weighted by molar-refractivity contribution is 6.31. The second-order valence-electron chi connectivity index (χ2n) is 2.31. The van der Waals surface area contributed by atoms with Crippen LogP contribution in [0.1, 0.15) is 18.7 Å². The summed E-state index contributed by atoms with van der Waals surface area (Å²) >= 11 is 5.64. The van der Waals surface area contributed by atoms with E-state index in [1.807, 2.05) is 0 Å². The van der Waals surface area contributed by atoms with Crippen molar-refractivity contribution in [3.8, 4) is 0 Å². The molecule has 0 bridgehead atoms. The summed E-state index contributed by atoms with van der Waals surface area (Å²) < 4.78 is 12.4. The summed E-state index contributed by atoms with van der Waals surface area (Å²) in [4.78, 5) is 3.75. The van der Waals surface area contributed by atoms with E-state index in [-0.39, 0.29) is 23.5 Å². The van der Waals surface area contributed by atoms with Crippen molar-refractivity contribution in [2.75, 3.05) is 0 Å². The maximum Gasteiger partial charge on any atom is 0.142 e. The molecule has 0 saturated carbocycles. The third kappa shape index (κ3) is 2.59. The summed E-state index contributed by atoms with van der Waals surface area (Å²) in [5, 5.41) is 0.278. The molecule has 0 spiro atoms. The van der Waals surface area contributed by atoms with Crippen molar-refractivity contribution in [3.63, 3.8) is 0 Å². The Labute approximate surface area is 81.3 Å². The number of halogens is 3. The first-order chi connectivity index (χ1) is 5.11. The minimum atomic E-state index is -0.445. The Kier molecular flexibility index (Phi) is 4.45. The highest BCUT2D eigenvalue weighted by Gasteiger charge is 2.06. The fourth-order valence-corrected chi connectivity index (χ4v) is 1.09. The molecule has 2 nitrogen and oxygen atoms in total. The maximum atomic E-state index is 12.4. The smallest absolute Gasteiger partial charge is 0.142 e. The van der Waals surface area contributed by atoms with Crippen LogP contribution in [0.15, 0.2) is 12.3 Å². The highest BCUT2D eigenvalue weighted by Crippen LogP contribution is 2.18. The highest BCUT2D eigenvalue weighted by atomic mass is 35.5. The number of nitrogens with two attached hydrogens (primary N) is 1. The molecule has 1 rings (SSSR count). The molecule has 0 aromatic carbocycles. The number of aromatic nitrogens is 1. The van der Waals surface area contributed by atoms with Gasteiger partial charge in [-0.05, 0) is 13.0 Å². The zero-order chi connectivity index (χ0) is 8.43. The lowest BCUT2D eigenvalue weighted by Crippen LogP contribution is -2.08. The molecule has 12 heavy (non-hydrogen) atoms. The second kappa shape index (κ2) is 4.60. The van der Waals surface area contributed by atoms with Gasteiger partial charge in [-0.2, -0.15) is 0 Å². The van der Waals surface area contributed by atoms with Gasteiger partial charge in [0.05, 0.1) is 16.9 Å². The maximum absolute atomic E-state index is 12.4. The normalized spacial score (nSPS) is 12.0. The van der Waals surface area contributed by atoms with E-state index in [0.717, 1.165) is 6.20 Å². The predicted molar refractivity (Wildman–Crippen MR) is 49.1 cm³/mol. The van der Waals surface area contributed by atoms with Gasteiger partial charge in [0.1, 0.15) is 5.82 Å². The molecule has 0 saturated heterocycles. The molecule has 1 aromatic heterocycles. The van der Waals surface area contributed by atoms with Crippen LogP contribution >= 0.6 is 24.0 Å². The van der Waals surface area contributed by atoms with Crippen LogP contribution in [0.2, 0.25) is 5.02 Å². The van der Waals surface area contributed by atoms with Crippen molar-refractivity contribution in [1.82, 2.24) is 4.98 Å². The van der Waals surface area contributed by atoms with Crippen LogP contribution in [0.3, 0.4) is 0 Å². The van der Waals surface area contributed by atoms with Gasteiger partial charge in [0.2, 0.25) is 0 Å². The van der Waals surface area contributed by atoms with E-state index >= 15 is 0 Å². The first-order valence-electron chi connectivity index (χ1n) is 3.18. The van der Waals surface area contributed by atoms with E-state index in [9.17, 15) is 4.39 Å². The average molecular weight is 211 g/mol. The van der Waals surface area contributed by atoms with E-state index in [2.05, 4.69) is 4.98 Å². The lowest BCUT2D eigenvalue weighted by atomic mass is 10.2. The van der Waals surface area contributed by atoms with Gasteiger partial charge in [-0.3, -0.25) is 4.98 Å². The summed E-state index contributed by atoms with van der Waals surface area (Å²) in [6.45, 7) is 1.74. The Morgan fingerprint density at radius 2 is 2.25 bits per heavy atom. The molecule has 0 unspecified atom stereocenters. The van der Waals surface area contributed by atoms with E-state index < -0.39 is 5.82 Å². The van der Waals surface area contributed by atoms with E-state index in [0.29, 0.717) is 5.69 Å². The Balaban J connectivity index is 0.00000121. The first-order valence-corrected chi connectivity index (χ1v) is 3.55. The summed E-state index contributed by atoms with van der Waals surface area (Å²) in [5.74, 6) is -0.445. The fourth-order valence-electron chi connectivity index (χ4n) is 0.760. The molecule has 0 aliphatic heterocycles. The van der Waals surface area contributed by atoms with Gasteiger partial charge in [0.15, 0.2) is 0 Å². The van der Waals surface area contributed by atoms with Gasteiger partial charge in [-0.15, -0.1) is 12.4 Å². The number of nitrogens with zero attached hydrogens (tertiary/aromatic N) is 1. The van der Waals surface area contributed by atoms with Gasteiger partial charge in [-0.1, -0.05) is 11.6 Å². The average Bonchev–Trinajstić information content (AvgIpc) is 1.85. The Hall–Kier alpha value is -0.380. The summed E-state index contributed by atoms with van der Waals surface area (Å²) in [7, 11) is 0. The lowest BCUT2D eigenvalue weighted by molar-refractivity contribution is 0.616. The molecule has 0 fully saturated rings. The molecule has 1 heterocycles. The minimum Gasteiger partial charge on any atom is -0.323 e. The van der Waals surface area contributed by atoms with Gasteiger partial charge in [0, 0.05) is 6.04 Å². The molecule has 0 amide bonds. The molecular formula is C7H9Cl2FN2. The van der Waals surface area contributed by atoms with Crippen molar-refractivity contribution in [2.45, 2.75) is 13.0 Å². The van der Waals surface area contributed by atoms with E-state index in [1.54, 1.807) is 6.92 Å². The van der Waals surface area contributed by atoms with Gasteiger partial charge in [-0.25, -0.2) is 4.39 Å². The Morgan fingerprint density at radius 1 is 1.67 bits per heavy atom. The topological polar surface area (TPSA) is 38.9 Å². The first kappa shape index (κ1) is 11.6. The summed E-state index contributed by atoms with van der Waals surface area (Å²) in [6, 6.07) is 0.941. The van der Waals surface area contributed by atoms with Gasteiger partial charge in [0.25, 0.3) is 0 Å². The number of rotatable bonds is 1. The molecule has 2 N–H and O–H groups in total. The molecule has 1 aromatic rings. The third-order valence-corrected chi connectivity index (χ3v) is 1.57. The summed E-state index contributed by atoms with van der Waals surface area (Å²) in [6.07, 6.45) is 1.10. The monoisotopic (exact) mass is 210 g/mol. The molecule has 0 aliphatic rings. The Bertz CT molecular complexity index is 266. The number of hydrogen-bond acceptors (Lipinski definition) is 2. The zero-order valence-electron chi connectivity index (χ0n) is 6.42. The van der Waals surface area contributed by atoms with Gasteiger partial charge < -0.3 is 5.73 Å². The molecule has 1 atom stereocenters. The van der Waals surface area contributed by atoms with E-state index in [4.69, 9.17) is 17.3 Å². The quantitative estimate of drug-likeness (QED) is 0.773. The van der Waals surface area contributed by atoms with Gasteiger partial charge >= 0.3 is 0 Å². The predicted octanol–water partition coefficient (Wildman–Crippen LogP) is 2.32. The standard InChI is InChI=1S/C7H8ClFN2.ClH/c1-4(10)7-6(8)2-5(9)3-11-7;/h2-4H,10H2,1H3;1H/t4-;/m1./s1. The summed E-state index contributed by atoms with van der Waals surface area (Å²) in [5.41, 5.74) is 6.02. The Morgan fingerprint density at radius 3 is 2.67 bits per heavy atom. The van der Waals surface area contributed by atoms with Crippen molar-refractivity contribution >= 4 is 24.0 Å². The van der Waals surface area contributed by atoms with E-state index in [1.165, 1.54) is 6.07 Å². The number of hydrogen-bond donors (Lipinski definition) is 1. The molecule has 68 valence electrons. The van der Waals surface area contributed by atoms with Crippen LogP contribution < -0.4 is 5.73 Å². The molecular weight excluding hydrogens is 202 g/mol. The second-order valence-corrected chi connectivity index (χ2v) is 2.72. The SMILES string of the molecule is C[C@@H](N)c1ncc(F)cc1Cl.Cl. The largest absolute Gasteiger partial charge is 0.323 e. The molecule has 0 aliphatic carbocycles. The van der Waals surface area contributed by atoms with Crippen molar-refractivity contribution in [1.29, 1.82) is 0 Å². The fraction of sp³-hybridized carbons (Fsp3) is 0.286. The molecule has 5 heteroatoms.